The Hall–Kier alpha value is -1.20. The summed E-state index contributed by atoms with van der Waals surface area (Å²) in [4.78, 5) is 3.89. The van der Waals surface area contributed by atoms with Crippen LogP contribution in [-0.4, -0.2) is 4.98 Å². The Morgan fingerprint density at radius 3 is 2.72 bits per heavy atom. The molecule has 1 aromatic heterocycles. The summed E-state index contributed by atoms with van der Waals surface area (Å²) in [5.41, 5.74) is 0.727. The topological polar surface area (TPSA) is 22.1 Å². The van der Waals surface area contributed by atoms with E-state index >= 15 is 0 Å². The van der Waals surface area contributed by atoms with E-state index in [-0.39, 0.29) is 11.6 Å². The van der Waals surface area contributed by atoms with E-state index in [1.54, 1.807) is 12.3 Å². The molecule has 2 rings (SSSR count). The maximum absolute atomic E-state index is 13.5. The van der Waals surface area contributed by atoms with Gasteiger partial charge in [0.1, 0.15) is 5.75 Å². The summed E-state index contributed by atoms with van der Waals surface area (Å²) in [7, 11) is 0. The van der Waals surface area contributed by atoms with Crippen molar-refractivity contribution < 1.29 is 13.5 Å². The van der Waals surface area contributed by atoms with Crippen LogP contribution in [0.1, 0.15) is 5.56 Å². The predicted octanol–water partition coefficient (Wildman–Crippen LogP) is 4.65. The molecule has 0 N–H and O–H groups in total. The van der Waals surface area contributed by atoms with Gasteiger partial charge in [-0.1, -0.05) is 15.9 Å². The SMILES string of the molecule is Fc1cc(Br)cc(Oc2cncc(CCl)c2)c1F. The van der Waals surface area contributed by atoms with Crippen LogP contribution in [0.25, 0.3) is 0 Å². The van der Waals surface area contributed by atoms with Crippen LogP contribution >= 0.6 is 27.5 Å². The van der Waals surface area contributed by atoms with Crippen LogP contribution in [0.3, 0.4) is 0 Å². The van der Waals surface area contributed by atoms with E-state index < -0.39 is 11.6 Å². The van der Waals surface area contributed by atoms with Crippen molar-refractivity contribution in [3.05, 3.63) is 52.3 Å². The summed E-state index contributed by atoms with van der Waals surface area (Å²) in [6, 6.07) is 3.97. The summed E-state index contributed by atoms with van der Waals surface area (Å²) >= 11 is 8.71. The molecule has 2 nitrogen and oxygen atoms in total. The minimum atomic E-state index is -1.05. The van der Waals surface area contributed by atoms with Crippen LogP contribution < -0.4 is 4.74 Å². The van der Waals surface area contributed by atoms with Crippen LogP contribution in [0.5, 0.6) is 11.5 Å². The maximum Gasteiger partial charge on any atom is 0.201 e. The summed E-state index contributed by atoms with van der Waals surface area (Å²) in [6.07, 6.45) is 2.96. The number of nitrogens with zero attached hydrogens (tertiary/aromatic N) is 1. The van der Waals surface area contributed by atoms with Gasteiger partial charge in [0.05, 0.1) is 6.20 Å². The Labute approximate surface area is 116 Å². The molecule has 0 atom stereocenters. The van der Waals surface area contributed by atoms with E-state index in [0.29, 0.717) is 10.2 Å². The molecule has 0 aliphatic carbocycles. The molecular weight excluding hydrogens is 327 g/mol. The molecule has 94 valence electrons. The van der Waals surface area contributed by atoms with Crippen LogP contribution in [0, 0.1) is 11.6 Å². The lowest BCUT2D eigenvalue weighted by Gasteiger charge is -2.08. The summed E-state index contributed by atoms with van der Waals surface area (Å²) in [5.74, 6) is -1.69. The number of hydrogen-bond donors (Lipinski definition) is 0. The Morgan fingerprint density at radius 1 is 1.22 bits per heavy atom. The van der Waals surface area contributed by atoms with E-state index in [0.717, 1.165) is 11.6 Å². The molecule has 0 bridgehead atoms. The molecule has 6 heteroatoms. The lowest BCUT2D eigenvalue weighted by molar-refractivity contribution is 0.414. The molecule has 0 aliphatic rings. The van der Waals surface area contributed by atoms with Crippen molar-refractivity contribution in [2.24, 2.45) is 0 Å². The van der Waals surface area contributed by atoms with Crippen LogP contribution in [0.15, 0.2) is 35.1 Å². The molecule has 2 aromatic rings. The maximum atomic E-state index is 13.5. The van der Waals surface area contributed by atoms with Gasteiger partial charge >= 0.3 is 0 Å². The molecule has 0 saturated heterocycles. The first kappa shape index (κ1) is 13.2. The number of hydrogen-bond acceptors (Lipinski definition) is 2. The number of halogens is 4. The zero-order chi connectivity index (χ0) is 13.1. The molecule has 0 aliphatic heterocycles. The van der Waals surface area contributed by atoms with Crippen molar-refractivity contribution in [1.82, 2.24) is 4.98 Å². The lowest BCUT2D eigenvalue weighted by atomic mass is 10.3. The molecule has 0 spiro atoms. The summed E-state index contributed by atoms with van der Waals surface area (Å²) in [6.45, 7) is 0. The minimum Gasteiger partial charge on any atom is -0.452 e. The van der Waals surface area contributed by atoms with E-state index in [4.69, 9.17) is 16.3 Å². The Bertz CT molecular complexity index is 580. The number of benzene rings is 1. The fourth-order valence-electron chi connectivity index (χ4n) is 1.33. The Morgan fingerprint density at radius 2 is 2.00 bits per heavy atom. The van der Waals surface area contributed by atoms with Gasteiger partial charge in [0, 0.05) is 16.5 Å². The van der Waals surface area contributed by atoms with Gasteiger partial charge in [-0.05, 0) is 23.8 Å². The third-order valence-corrected chi connectivity index (χ3v) is 2.88. The van der Waals surface area contributed by atoms with Crippen molar-refractivity contribution in [3.63, 3.8) is 0 Å². The molecule has 1 heterocycles. The molecule has 0 amide bonds. The number of ether oxygens (including phenoxy) is 1. The van der Waals surface area contributed by atoms with Crippen molar-refractivity contribution in [2.75, 3.05) is 0 Å². The molecule has 0 radical (unpaired) electrons. The van der Waals surface area contributed by atoms with Crippen molar-refractivity contribution >= 4 is 27.5 Å². The first-order chi connectivity index (χ1) is 8.60. The largest absolute Gasteiger partial charge is 0.452 e. The van der Waals surface area contributed by atoms with Gasteiger partial charge in [-0.2, -0.15) is 4.39 Å². The second kappa shape index (κ2) is 5.63. The zero-order valence-electron chi connectivity index (χ0n) is 8.96. The summed E-state index contributed by atoms with van der Waals surface area (Å²) < 4.78 is 32.3. The van der Waals surface area contributed by atoms with Crippen molar-refractivity contribution in [1.29, 1.82) is 0 Å². The van der Waals surface area contributed by atoms with E-state index in [2.05, 4.69) is 20.9 Å². The quantitative estimate of drug-likeness (QED) is 0.602. The van der Waals surface area contributed by atoms with E-state index in [9.17, 15) is 8.78 Å². The molecule has 1 aromatic carbocycles. The van der Waals surface area contributed by atoms with Crippen LogP contribution in [0.4, 0.5) is 8.78 Å². The third-order valence-electron chi connectivity index (χ3n) is 2.11. The van der Waals surface area contributed by atoms with Crippen LogP contribution in [-0.2, 0) is 5.88 Å². The standard InChI is InChI=1S/C12H7BrClF2NO/c13-8-2-10(15)12(16)11(3-8)18-9-1-7(4-14)5-17-6-9/h1-3,5-6H,4H2. The second-order valence-corrected chi connectivity index (χ2v) is 4.65. The lowest BCUT2D eigenvalue weighted by Crippen LogP contribution is -1.93. The van der Waals surface area contributed by atoms with Gasteiger partial charge in [-0.3, -0.25) is 4.98 Å². The van der Waals surface area contributed by atoms with Gasteiger partial charge in [0.25, 0.3) is 0 Å². The molecule has 0 saturated carbocycles. The second-order valence-electron chi connectivity index (χ2n) is 3.46. The summed E-state index contributed by atoms with van der Waals surface area (Å²) in [5, 5.41) is 0. The number of alkyl halides is 1. The minimum absolute atomic E-state index is 0.213. The zero-order valence-corrected chi connectivity index (χ0v) is 11.3. The smallest absolute Gasteiger partial charge is 0.201 e. The van der Waals surface area contributed by atoms with E-state index in [1.807, 2.05) is 0 Å². The average Bonchev–Trinajstić information content (AvgIpc) is 2.35. The monoisotopic (exact) mass is 333 g/mol. The Kier molecular flexibility index (Phi) is 4.14. The molecule has 18 heavy (non-hydrogen) atoms. The first-order valence-electron chi connectivity index (χ1n) is 4.92. The van der Waals surface area contributed by atoms with Gasteiger partial charge in [0.15, 0.2) is 11.6 Å². The first-order valence-corrected chi connectivity index (χ1v) is 6.25. The predicted molar refractivity (Wildman–Crippen MR) is 67.9 cm³/mol. The van der Waals surface area contributed by atoms with Crippen molar-refractivity contribution in [2.45, 2.75) is 5.88 Å². The van der Waals surface area contributed by atoms with E-state index in [1.165, 1.54) is 12.3 Å². The van der Waals surface area contributed by atoms with Gasteiger partial charge < -0.3 is 4.74 Å². The highest BCUT2D eigenvalue weighted by Gasteiger charge is 2.12. The third kappa shape index (κ3) is 2.97. The number of pyridine rings is 1. The highest BCUT2D eigenvalue weighted by Crippen LogP contribution is 2.29. The van der Waals surface area contributed by atoms with Gasteiger partial charge in [-0.15, -0.1) is 11.6 Å². The number of aromatic nitrogens is 1. The van der Waals surface area contributed by atoms with Crippen LogP contribution in [0.2, 0.25) is 0 Å². The molecule has 0 fully saturated rings. The van der Waals surface area contributed by atoms with Crippen molar-refractivity contribution in [3.8, 4) is 11.5 Å². The molecular formula is C12H7BrClF2NO. The normalized spacial score (nSPS) is 10.4. The fraction of sp³-hybridized carbons (Fsp3) is 0.0833. The van der Waals surface area contributed by atoms with Gasteiger partial charge in [0.2, 0.25) is 5.82 Å². The fourth-order valence-corrected chi connectivity index (χ4v) is 1.88. The number of rotatable bonds is 3. The Balaban J connectivity index is 2.33. The molecule has 0 unspecified atom stereocenters. The average molecular weight is 335 g/mol. The van der Waals surface area contributed by atoms with Gasteiger partial charge in [-0.25, -0.2) is 4.39 Å². The highest BCUT2D eigenvalue weighted by atomic mass is 79.9. The highest BCUT2D eigenvalue weighted by molar-refractivity contribution is 9.10.